The second kappa shape index (κ2) is 7.99. The smallest absolute Gasteiger partial charge is 0.369 e. The fourth-order valence-corrected chi connectivity index (χ4v) is 3.66. The molecule has 3 rings (SSSR count). The summed E-state index contributed by atoms with van der Waals surface area (Å²) < 4.78 is 78.1. The van der Waals surface area contributed by atoms with Crippen LogP contribution in [0.25, 0.3) is 0 Å². The van der Waals surface area contributed by atoms with Crippen LogP contribution >= 0.6 is 0 Å². The molecule has 0 unspecified atom stereocenters. The van der Waals surface area contributed by atoms with Crippen LogP contribution in [0.4, 0.5) is 32.0 Å². The monoisotopic (exact) mass is 443 g/mol. The van der Waals surface area contributed by atoms with Gasteiger partial charge in [0.2, 0.25) is 0 Å². The van der Waals surface area contributed by atoms with E-state index in [2.05, 4.69) is 0 Å². The Balaban J connectivity index is 1.82. The van der Waals surface area contributed by atoms with Crippen LogP contribution in [-0.4, -0.2) is 36.4 Å². The maximum absolute atomic E-state index is 13.0. The average Bonchev–Trinajstić information content (AvgIpc) is 3.09. The number of halogens is 6. The lowest BCUT2D eigenvalue weighted by Crippen LogP contribution is -2.53. The zero-order chi connectivity index (χ0) is 23.0. The topological polar surface area (TPSA) is 71.2 Å². The molecule has 3 N–H and O–H groups in total. The highest BCUT2D eigenvalue weighted by molar-refractivity contribution is 5.88. The van der Waals surface area contributed by atoms with E-state index in [1.54, 1.807) is 6.07 Å². The highest BCUT2D eigenvalue weighted by Gasteiger charge is 2.71. The van der Waals surface area contributed by atoms with Crippen molar-refractivity contribution in [2.45, 2.75) is 36.8 Å². The lowest BCUT2D eigenvalue weighted by atomic mass is 9.91. The molecule has 1 aliphatic rings. The summed E-state index contributed by atoms with van der Waals surface area (Å²) in [5.74, 6) is -0.423. The first-order valence-electron chi connectivity index (χ1n) is 9.26. The molecule has 31 heavy (non-hydrogen) atoms. The van der Waals surface area contributed by atoms with E-state index in [4.69, 9.17) is 10.8 Å². The van der Waals surface area contributed by atoms with E-state index in [1.807, 2.05) is 17.0 Å². The predicted octanol–water partition coefficient (Wildman–Crippen LogP) is 4.94. The van der Waals surface area contributed by atoms with Gasteiger partial charge in [0.05, 0.1) is 5.92 Å². The Morgan fingerprint density at radius 1 is 0.935 bits per heavy atom. The SMILES string of the molecule is N=CC(C=N)c1ccc2c(c1)CCN2Cc1ccc(C(O)(C(F)(F)F)C(F)(F)F)cc1. The van der Waals surface area contributed by atoms with Crippen molar-refractivity contribution >= 4 is 18.1 Å². The number of fused-ring (bicyclic) bond motifs is 1. The van der Waals surface area contributed by atoms with E-state index in [-0.39, 0.29) is 6.54 Å². The van der Waals surface area contributed by atoms with Gasteiger partial charge in [0.25, 0.3) is 5.60 Å². The number of nitrogens with zero attached hydrogens (tertiary/aromatic N) is 1. The van der Waals surface area contributed by atoms with E-state index < -0.39 is 29.4 Å². The minimum atomic E-state index is -5.91. The van der Waals surface area contributed by atoms with E-state index in [1.165, 1.54) is 0 Å². The fraction of sp³-hybridized carbons (Fsp3) is 0.333. The molecule has 0 spiro atoms. The Morgan fingerprint density at radius 3 is 2.03 bits per heavy atom. The number of anilines is 1. The molecule has 0 saturated carbocycles. The van der Waals surface area contributed by atoms with Crippen LogP contribution in [0, 0.1) is 10.8 Å². The van der Waals surface area contributed by atoms with Gasteiger partial charge in [-0.3, -0.25) is 0 Å². The zero-order valence-corrected chi connectivity index (χ0v) is 16.1. The van der Waals surface area contributed by atoms with Crippen molar-refractivity contribution in [2.75, 3.05) is 11.4 Å². The standard InChI is InChI=1S/C21H19F6N3O/c22-20(23,24)19(31,21(25,26)27)17-4-1-13(2-5-17)12-30-8-7-15-9-14(3-6-18(15)30)16(10-28)11-29/h1-6,9-11,16,28-29,31H,7-8,12H2. The summed E-state index contributed by atoms with van der Waals surface area (Å²) in [5, 5.41) is 24.2. The van der Waals surface area contributed by atoms with Crippen LogP contribution in [0.2, 0.25) is 0 Å². The number of alkyl halides is 6. The molecule has 166 valence electrons. The highest BCUT2D eigenvalue weighted by Crippen LogP contribution is 2.50. The average molecular weight is 443 g/mol. The minimum Gasteiger partial charge on any atom is -0.369 e. The van der Waals surface area contributed by atoms with Crippen LogP contribution in [0.5, 0.6) is 0 Å². The molecule has 0 fully saturated rings. The second-order valence-corrected chi connectivity index (χ2v) is 7.32. The Bertz CT molecular complexity index is 947. The summed E-state index contributed by atoms with van der Waals surface area (Å²) in [4.78, 5) is 1.94. The summed E-state index contributed by atoms with van der Waals surface area (Å²) >= 11 is 0. The van der Waals surface area contributed by atoms with Gasteiger partial charge in [0.15, 0.2) is 0 Å². The molecule has 0 bridgehead atoms. The molecule has 0 aromatic heterocycles. The summed E-state index contributed by atoms with van der Waals surface area (Å²) in [6.07, 6.45) is -8.82. The molecule has 10 heteroatoms. The summed E-state index contributed by atoms with van der Waals surface area (Å²) in [5.41, 5.74) is -3.06. The number of nitrogens with one attached hydrogen (secondary N) is 2. The van der Waals surface area contributed by atoms with Crippen molar-refractivity contribution < 1.29 is 31.4 Å². The minimum absolute atomic E-state index is 0.266. The lowest BCUT2D eigenvalue weighted by molar-refractivity contribution is -0.376. The summed E-state index contributed by atoms with van der Waals surface area (Å²) in [6.45, 7) is 0.872. The quantitative estimate of drug-likeness (QED) is 0.437. The third-order valence-corrected chi connectivity index (χ3v) is 5.40. The molecule has 0 saturated heterocycles. The molecule has 4 nitrogen and oxygen atoms in total. The maximum atomic E-state index is 13.0. The van der Waals surface area contributed by atoms with Gasteiger partial charge in [-0.15, -0.1) is 0 Å². The maximum Gasteiger partial charge on any atom is 0.430 e. The van der Waals surface area contributed by atoms with Crippen LogP contribution in [0.3, 0.4) is 0 Å². The van der Waals surface area contributed by atoms with Crippen molar-refractivity contribution in [3.8, 4) is 0 Å². The van der Waals surface area contributed by atoms with Gasteiger partial charge in [0, 0.05) is 36.8 Å². The normalized spacial score (nSPS) is 15.5. The van der Waals surface area contributed by atoms with E-state index in [9.17, 15) is 31.4 Å². The van der Waals surface area contributed by atoms with Gasteiger partial charge in [-0.2, -0.15) is 26.3 Å². The van der Waals surface area contributed by atoms with Gasteiger partial charge in [-0.25, -0.2) is 0 Å². The fourth-order valence-electron chi connectivity index (χ4n) is 3.66. The zero-order valence-electron chi connectivity index (χ0n) is 16.1. The molecule has 2 aromatic carbocycles. The molecule has 1 heterocycles. The first-order valence-corrected chi connectivity index (χ1v) is 9.26. The van der Waals surface area contributed by atoms with Crippen molar-refractivity contribution in [3.63, 3.8) is 0 Å². The van der Waals surface area contributed by atoms with Gasteiger partial charge < -0.3 is 20.8 Å². The largest absolute Gasteiger partial charge is 0.430 e. The number of hydrogen-bond acceptors (Lipinski definition) is 4. The molecule has 0 radical (unpaired) electrons. The van der Waals surface area contributed by atoms with Gasteiger partial charge >= 0.3 is 12.4 Å². The van der Waals surface area contributed by atoms with Gasteiger partial charge in [-0.05, 0) is 29.2 Å². The Morgan fingerprint density at radius 2 is 1.52 bits per heavy atom. The highest BCUT2D eigenvalue weighted by atomic mass is 19.4. The molecular formula is C21H19F6N3O. The Labute approximate surface area is 174 Å². The third kappa shape index (κ3) is 4.04. The van der Waals surface area contributed by atoms with Crippen LogP contribution < -0.4 is 4.90 Å². The van der Waals surface area contributed by atoms with Crippen molar-refractivity contribution in [1.29, 1.82) is 10.8 Å². The molecule has 0 atom stereocenters. The van der Waals surface area contributed by atoms with E-state index in [0.717, 1.165) is 41.4 Å². The predicted molar refractivity (Wildman–Crippen MR) is 104 cm³/mol. The van der Waals surface area contributed by atoms with Crippen molar-refractivity contribution in [2.24, 2.45) is 0 Å². The first-order chi connectivity index (χ1) is 14.4. The third-order valence-electron chi connectivity index (χ3n) is 5.40. The molecule has 0 amide bonds. The van der Waals surface area contributed by atoms with Crippen molar-refractivity contribution in [1.82, 2.24) is 0 Å². The Hall–Kier alpha value is -2.88. The summed E-state index contributed by atoms with van der Waals surface area (Å²) in [7, 11) is 0. The molecule has 0 aliphatic carbocycles. The van der Waals surface area contributed by atoms with Crippen molar-refractivity contribution in [3.05, 3.63) is 64.7 Å². The second-order valence-electron chi connectivity index (χ2n) is 7.32. The number of rotatable bonds is 6. The van der Waals surface area contributed by atoms with E-state index >= 15 is 0 Å². The number of hydrogen-bond donors (Lipinski definition) is 3. The molecular weight excluding hydrogens is 424 g/mol. The van der Waals surface area contributed by atoms with Gasteiger partial charge in [-0.1, -0.05) is 36.4 Å². The van der Waals surface area contributed by atoms with Crippen LogP contribution in [0.1, 0.15) is 28.2 Å². The number of benzene rings is 2. The molecule has 2 aromatic rings. The Kier molecular flexibility index (Phi) is 5.88. The van der Waals surface area contributed by atoms with E-state index in [0.29, 0.717) is 30.7 Å². The molecule has 1 aliphatic heterocycles. The van der Waals surface area contributed by atoms with Gasteiger partial charge in [0.1, 0.15) is 0 Å². The lowest BCUT2D eigenvalue weighted by Gasteiger charge is -2.32. The summed E-state index contributed by atoms with van der Waals surface area (Å²) in [6, 6.07) is 9.09. The number of aliphatic hydroxyl groups is 1. The van der Waals surface area contributed by atoms with Crippen LogP contribution in [-0.2, 0) is 18.6 Å². The van der Waals surface area contributed by atoms with Crippen LogP contribution in [0.15, 0.2) is 42.5 Å². The first kappa shape index (κ1) is 22.8.